The van der Waals surface area contributed by atoms with Gasteiger partial charge in [-0.2, -0.15) is 0 Å². The van der Waals surface area contributed by atoms with E-state index in [-0.39, 0.29) is 18.4 Å². The predicted octanol–water partition coefficient (Wildman–Crippen LogP) is 1.88. The van der Waals surface area contributed by atoms with Crippen LogP contribution in [0.3, 0.4) is 0 Å². The molecule has 116 valence electrons. The van der Waals surface area contributed by atoms with E-state index in [0.717, 1.165) is 23.4 Å². The molecule has 1 fully saturated rings. The number of benzene rings is 1. The van der Waals surface area contributed by atoms with Gasteiger partial charge in [0.05, 0.1) is 26.9 Å². The van der Waals surface area contributed by atoms with Gasteiger partial charge in [0, 0.05) is 13.0 Å². The molecule has 1 aliphatic heterocycles. The molecule has 1 aromatic carbocycles. The Balaban J connectivity index is 1.39. The first-order valence-corrected chi connectivity index (χ1v) is 9.16. The number of aromatic nitrogens is 1. The standard InChI is InChI=1S/C15H17N3O2S2/c19-13(8-18-10-21-9-15(18)20)16-7-3-6-14-17-11-4-1-2-5-12(11)22-14/h1-2,4-5H,3,6-10H2,(H,16,19). The van der Waals surface area contributed by atoms with E-state index in [0.29, 0.717) is 18.2 Å². The fourth-order valence-electron chi connectivity index (χ4n) is 2.26. The summed E-state index contributed by atoms with van der Waals surface area (Å²) in [6, 6.07) is 8.10. The zero-order valence-electron chi connectivity index (χ0n) is 12.1. The smallest absolute Gasteiger partial charge is 0.239 e. The summed E-state index contributed by atoms with van der Waals surface area (Å²) in [4.78, 5) is 29.4. The molecule has 2 amide bonds. The second-order valence-corrected chi connectivity index (χ2v) is 7.17. The molecule has 0 saturated carbocycles. The Morgan fingerprint density at radius 1 is 1.36 bits per heavy atom. The number of nitrogens with zero attached hydrogens (tertiary/aromatic N) is 2. The Kier molecular flexibility index (Phi) is 4.94. The Hall–Kier alpha value is -1.60. The number of aryl methyl sites for hydroxylation is 1. The van der Waals surface area contributed by atoms with Gasteiger partial charge in [-0.25, -0.2) is 4.98 Å². The first-order valence-electron chi connectivity index (χ1n) is 7.19. The van der Waals surface area contributed by atoms with E-state index in [1.165, 1.54) is 4.70 Å². The van der Waals surface area contributed by atoms with Crippen molar-refractivity contribution in [2.75, 3.05) is 24.7 Å². The SMILES string of the molecule is O=C(CN1CSCC1=O)NCCCc1nc2ccccc2s1. The minimum atomic E-state index is -0.0832. The van der Waals surface area contributed by atoms with Crippen LogP contribution in [0.15, 0.2) is 24.3 Å². The van der Waals surface area contributed by atoms with Gasteiger partial charge in [-0.3, -0.25) is 9.59 Å². The first kappa shape index (κ1) is 15.3. The molecule has 1 aliphatic rings. The molecule has 0 bridgehead atoms. The number of fused-ring (bicyclic) bond motifs is 1. The van der Waals surface area contributed by atoms with Crippen molar-refractivity contribution in [3.05, 3.63) is 29.3 Å². The van der Waals surface area contributed by atoms with Crippen molar-refractivity contribution in [1.82, 2.24) is 15.2 Å². The summed E-state index contributed by atoms with van der Waals surface area (Å²) in [7, 11) is 0. The Labute approximate surface area is 137 Å². The van der Waals surface area contributed by atoms with E-state index in [1.807, 2.05) is 18.2 Å². The summed E-state index contributed by atoms with van der Waals surface area (Å²) < 4.78 is 1.20. The molecule has 1 N–H and O–H groups in total. The highest BCUT2D eigenvalue weighted by molar-refractivity contribution is 8.00. The third kappa shape index (κ3) is 3.78. The summed E-state index contributed by atoms with van der Waals surface area (Å²) >= 11 is 3.25. The Morgan fingerprint density at radius 2 is 2.23 bits per heavy atom. The van der Waals surface area contributed by atoms with Crippen LogP contribution in [0.5, 0.6) is 0 Å². The molecule has 0 unspecified atom stereocenters. The molecule has 1 saturated heterocycles. The number of amides is 2. The zero-order chi connectivity index (χ0) is 15.4. The van der Waals surface area contributed by atoms with Crippen LogP contribution in [0.2, 0.25) is 0 Å². The lowest BCUT2D eigenvalue weighted by molar-refractivity contribution is -0.132. The number of carbonyl (C=O) groups is 2. The highest BCUT2D eigenvalue weighted by atomic mass is 32.2. The minimum Gasteiger partial charge on any atom is -0.355 e. The zero-order valence-corrected chi connectivity index (χ0v) is 13.7. The van der Waals surface area contributed by atoms with Crippen LogP contribution in [0, 0.1) is 0 Å². The number of nitrogens with one attached hydrogen (secondary N) is 1. The van der Waals surface area contributed by atoms with Gasteiger partial charge in [-0.05, 0) is 18.6 Å². The third-order valence-electron chi connectivity index (χ3n) is 3.39. The van der Waals surface area contributed by atoms with E-state index in [2.05, 4.69) is 16.4 Å². The lowest BCUT2D eigenvalue weighted by Crippen LogP contribution is -2.38. The highest BCUT2D eigenvalue weighted by Gasteiger charge is 2.22. The number of para-hydroxylation sites is 1. The summed E-state index contributed by atoms with van der Waals surface area (Å²) in [6.07, 6.45) is 1.71. The summed E-state index contributed by atoms with van der Waals surface area (Å²) in [5, 5.41) is 3.97. The van der Waals surface area contributed by atoms with Crippen molar-refractivity contribution in [3.63, 3.8) is 0 Å². The van der Waals surface area contributed by atoms with E-state index in [9.17, 15) is 9.59 Å². The monoisotopic (exact) mass is 335 g/mol. The lowest BCUT2D eigenvalue weighted by Gasteiger charge is -2.13. The molecule has 1 aromatic heterocycles. The molecular formula is C15H17N3O2S2. The first-order chi connectivity index (χ1) is 10.7. The molecule has 3 rings (SSSR count). The average molecular weight is 335 g/mol. The third-order valence-corrected chi connectivity index (χ3v) is 5.43. The number of thiazole rings is 1. The maximum atomic E-state index is 11.8. The molecule has 7 heteroatoms. The number of hydrogen-bond acceptors (Lipinski definition) is 5. The predicted molar refractivity (Wildman–Crippen MR) is 90.0 cm³/mol. The van der Waals surface area contributed by atoms with Gasteiger partial charge in [-0.15, -0.1) is 23.1 Å². The second-order valence-electron chi connectivity index (χ2n) is 5.10. The molecule has 2 aromatic rings. The second kappa shape index (κ2) is 7.11. The van der Waals surface area contributed by atoms with Crippen LogP contribution in [0.25, 0.3) is 10.2 Å². The molecule has 22 heavy (non-hydrogen) atoms. The van der Waals surface area contributed by atoms with Gasteiger partial charge in [0.25, 0.3) is 0 Å². The fraction of sp³-hybridized carbons (Fsp3) is 0.400. The molecule has 0 radical (unpaired) electrons. The summed E-state index contributed by atoms with van der Waals surface area (Å²) in [5.74, 6) is 1.08. The van der Waals surface area contributed by atoms with Crippen LogP contribution < -0.4 is 5.32 Å². The molecule has 2 heterocycles. The normalized spacial score (nSPS) is 14.7. The molecular weight excluding hydrogens is 318 g/mol. The van der Waals surface area contributed by atoms with Gasteiger partial charge in [0.1, 0.15) is 6.54 Å². The topological polar surface area (TPSA) is 62.3 Å². The highest BCUT2D eigenvalue weighted by Crippen LogP contribution is 2.22. The number of rotatable bonds is 6. The van der Waals surface area contributed by atoms with Crippen LogP contribution >= 0.6 is 23.1 Å². The van der Waals surface area contributed by atoms with E-state index in [1.54, 1.807) is 28.0 Å². The maximum absolute atomic E-state index is 11.8. The van der Waals surface area contributed by atoms with E-state index < -0.39 is 0 Å². The van der Waals surface area contributed by atoms with Gasteiger partial charge in [0.2, 0.25) is 11.8 Å². The van der Waals surface area contributed by atoms with E-state index >= 15 is 0 Å². The fourth-order valence-corrected chi connectivity index (χ4v) is 4.18. The van der Waals surface area contributed by atoms with Crippen molar-refractivity contribution in [2.45, 2.75) is 12.8 Å². The number of carbonyl (C=O) groups excluding carboxylic acids is 2. The maximum Gasteiger partial charge on any atom is 0.239 e. The van der Waals surface area contributed by atoms with Crippen molar-refractivity contribution in [1.29, 1.82) is 0 Å². The summed E-state index contributed by atoms with van der Waals surface area (Å²) in [6.45, 7) is 0.789. The van der Waals surface area contributed by atoms with Gasteiger partial charge >= 0.3 is 0 Å². The van der Waals surface area contributed by atoms with Crippen molar-refractivity contribution < 1.29 is 9.59 Å². The van der Waals surface area contributed by atoms with Crippen LogP contribution in [0.4, 0.5) is 0 Å². The number of hydrogen-bond donors (Lipinski definition) is 1. The van der Waals surface area contributed by atoms with Crippen LogP contribution in [-0.4, -0.2) is 46.4 Å². The van der Waals surface area contributed by atoms with Gasteiger partial charge < -0.3 is 10.2 Å². The minimum absolute atomic E-state index is 0.0506. The molecule has 0 spiro atoms. The quantitative estimate of drug-likeness (QED) is 0.819. The number of thioether (sulfide) groups is 1. The van der Waals surface area contributed by atoms with Crippen molar-refractivity contribution >= 4 is 45.1 Å². The molecule has 0 aliphatic carbocycles. The van der Waals surface area contributed by atoms with Gasteiger partial charge in [-0.1, -0.05) is 12.1 Å². The van der Waals surface area contributed by atoms with E-state index in [4.69, 9.17) is 0 Å². The van der Waals surface area contributed by atoms with Gasteiger partial charge in [0.15, 0.2) is 0 Å². The Morgan fingerprint density at radius 3 is 3.00 bits per heavy atom. The summed E-state index contributed by atoms with van der Waals surface area (Å²) in [5.41, 5.74) is 1.04. The largest absolute Gasteiger partial charge is 0.355 e. The molecule has 5 nitrogen and oxygen atoms in total. The van der Waals surface area contributed by atoms with Crippen molar-refractivity contribution in [3.8, 4) is 0 Å². The molecule has 0 atom stereocenters. The Bertz CT molecular complexity index is 653. The van der Waals surface area contributed by atoms with Crippen LogP contribution in [0.1, 0.15) is 11.4 Å². The lowest BCUT2D eigenvalue weighted by atomic mass is 10.3. The average Bonchev–Trinajstić information content (AvgIpc) is 3.10. The van der Waals surface area contributed by atoms with Crippen molar-refractivity contribution in [2.24, 2.45) is 0 Å². The van der Waals surface area contributed by atoms with Crippen LogP contribution in [-0.2, 0) is 16.0 Å².